The molecule has 96 valence electrons. The summed E-state index contributed by atoms with van der Waals surface area (Å²) in [5.41, 5.74) is 2.12. The van der Waals surface area contributed by atoms with Crippen LogP contribution in [0.5, 0.6) is 0 Å². The summed E-state index contributed by atoms with van der Waals surface area (Å²) in [5.74, 6) is 0. The number of thiophene rings is 1. The van der Waals surface area contributed by atoms with Crippen molar-refractivity contribution in [1.29, 1.82) is 0 Å². The highest BCUT2D eigenvalue weighted by atomic mass is 32.1. The predicted molar refractivity (Wildman–Crippen MR) is 81.7 cm³/mol. The van der Waals surface area contributed by atoms with Gasteiger partial charge in [0.2, 0.25) is 0 Å². The van der Waals surface area contributed by atoms with E-state index in [2.05, 4.69) is 48.6 Å². The number of rotatable bonds is 3. The molecular formula is C16H16N2S. The van der Waals surface area contributed by atoms with Crippen LogP contribution in [0.25, 0.3) is 10.9 Å². The zero-order valence-corrected chi connectivity index (χ0v) is 11.9. The van der Waals surface area contributed by atoms with Gasteiger partial charge >= 0.3 is 0 Å². The molecule has 19 heavy (non-hydrogen) atoms. The van der Waals surface area contributed by atoms with Gasteiger partial charge < -0.3 is 5.32 Å². The van der Waals surface area contributed by atoms with E-state index in [1.54, 1.807) is 0 Å². The van der Waals surface area contributed by atoms with E-state index in [1.165, 1.54) is 15.1 Å². The van der Waals surface area contributed by atoms with E-state index >= 15 is 0 Å². The van der Waals surface area contributed by atoms with Crippen LogP contribution in [0.3, 0.4) is 0 Å². The van der Waals surface area contributed by atoms with Crippen molar-refractivity contribution >= 4 is 22.2 Å². The van der Waals surface area contributed by atoms with E-state index in [9.17, 15) is 0 Å². The van der Waals surface area contributed by atoms with Gasteiger partial charge in [0, 0.05) is 15.1 Å². The number of benzene rings is 1. The number of nitrogens with one attached hydrogen (secondary N) is 1. The Morgan fingerprint density at radius 2 is 1.89 bits per heavy atom. The van der Waals surface area contributed by atoms with Crippen molar-refractivity contribution in [3.8, 4) is 0 Å². The van der Waals surface area contributed by atoms with Crippen LogP contribution < -0.4 is 5.32 Å². The van der Waals surface area contributed by atoms with Gasteiger partial charge in [0.1, 0.15) is 0 Å². The van der Waals surface area contributed by atoms with Gasteiger partial charge in [-0.2, -0.15) is 0 Å². The molecule has 0 aliphatic carbocycles. The number of aryl methyl sites for hydroxylation is 1. The Hall–Kier alpha value is -1.71. The smallest absolute Gasteiger partial charge is 0.0842 e. The fraction of sp³-hybridized carbons (Fsp3) is 0.188. The monoisotopic (exact) mass is 268 g/mol. The Bertz CT molecular complexity index is 703. The maximum absolute atomic E-state index is 4.78. The van der Waals surface area contributed by atoms with Crippen LogP contribution in [0, 0.1) is 6.92 Å². The second kappa shape index (κ2) is 5.11. The van der Waals surface area contributed by atoms with Gasteiger partial charge in [-0.15, -0.1) is 11.3 Å². The minimum Gasteiger partial charge on any atom is -0.307 e. The van der Waals surface area contributed by atoms with E-state index in [0.29, 0.717) is 0 Å². The number of pyridine rings is 1. The van der Waals surface area contributed by atoms with E-state index in [-0.39, 0.29) is 6.04 Å². The molecule has 3 aromatic rings. The van der Waals surface area contributed by atoms with Crippen LogP contribution in [0.4, 0.5) is 0 Å². The number of hydrogen-bond donors (Lipinski definition) is 1. The second-order valence-electron chi connectivity index (χ2n) is 4.60. The van der Waals surface area contributed by atoms with Gasteiger partial charge in [0.25, 0.3) is 0 Å². The lowest BCUT2D eigenvalue weighted by Crippen LogP contribution is -2.17. The summed E-state index contributed by atoms with van der Waals surface area (Å²) >= 11 is 1.82. The first-order chi connectivity index (χ1) is 9.28. The highest BCUT2D eigenvalue weighted by Crippen LogP contribution is 2.28. The van der Waals surface area contributed by atoms with Crippen LogP contribution in [0.1, 0.15) is 21.5 Å². The van der Waals surface area contributed by atoms with Crippen molar-refractivity contribution < 1.29 is 0 Å². The average Bonchev–Trinajstić information content (AvgIpc) is 2.86. The summed E-state index contributed by atoms with van der Waals surface area (Å²) in [6.45, 7) is 2.13. The summed E-state index contributed by atoms with van der Waals surface area (Å²) < 4.78 is 0. The molecule has 0 saturated carbocycles. The molecule has 0 saturated heterocycles. The molecule has 3 rings (SSSR count). The summed E-state index contributed by atoms with van der Waals surface area (Å²) in [4.78, 5) is 7.41. The van der Waals surface area contributed by atoms with Crippen molar-refractivity contribution in [3.63, 3.8) is 0 Å². The molecule has 1 N–H and O–H groups in total. The Balaban J connectivity index is 2.06. The number of para-hydroxylation sites is 1. The second-order valence-corrected chi connectivity index (χ2v) is 5.92. The Kier molecular flexibility index (Phi) is 3.32. The molecule has 1 aromatic carbocycles. The summed E-state index contributed by atoms with van der Waals surface area (Å²) in [5, 5.41) is 4.54. The minimum atomic E-state index is 0.170. The fourth-order valence-corrected chi connectivity index (χ4v) is 3.29. The standard InChI is InChI=1S/C16H16N2S/c1-11-7-10-15(19-11)16(17-2)14-9-8-12-5-3-4-6-13(12)18-14/h3-10,16-17H,1-2H3. The molecular weight excluding hydrogens is 252 g/mol. The average molecular weight is 268 g/mol. The quantitative estimate of drug-likeness (QED) is 0.779. The van der Waals surface area contributed by atoms with Gasteiger partial charge in [-0.3, -0.25) is 4.98 Å². The first-order valence-electron chi connectivity index (χ1n) is 6.37. The maximum atomic E-state index is 4.78. The lowest BCUT2D eigenvalue weighted by molar-refractivity contribution is 0.685. The molecule has 0 aliphatic heterocycles. The largest absolute Gasteiger partial charge is 0.307 e. The van der Waals surface area contributed by atoms with Crippen LogP contribution in [-0.4, -0.2) is 12.0 Å². The van der Waals surface area contributed by atoms with Crippen LogP contribution in [0.2, 0.25) is 0 Å². The summed E-state index contributed by atoms with van der Waals surface area (Å²) in [6, 6.07) is 17.0. The third-order valence-corrected chi connectivity index (χ3v) is 4.32. The molecule has 0 aliphatic rings. The van der Waals surface area contributed by atoms with Gasteiger partial charge in [-0.05, 0) is 38.2 Å². The fourth-order valence-electron chi connectivity index (χ4n) is 2.29. The van der Waals surface area contributed by atoms with Crippen LogP contribution in [-0.2, 0) is 0 Å². The molecule has 2 aromatic heterocycles. The van der Waals surface area contributed by atoms with E-state index in [1.807, 2.05) is 30.5 Å². The van der Waals surface area contributed by atoms with Gasteiger partial charge in [-0.25, -0.2) is 0 Å². The van der Waals surface area contributed by atoms with Crippen molar-refractivity contribution in [3.05, 3.63) is 64.0 Å². The molecule has 2 nitrogen and oxygen atoms in total. The predicted octanol–water partition coefficient (Wildman–Crippen LogP) is 3.91. The van der Waals surface area contributed by atoms with Crippen molar-refractivity contribution in [1.82, 2.24) is 10.3 Å². The number of fused-ring (bicyclic) bond motifs is 1. The zero-order valence-electron chi connectivity index (χ0n) is 11.1. The SMILES string of the molecule is CNC(c1ccc2ccccc2n1)c1ccc(C)s1. The molecule has 0 radical (unpaired) electrons. The first kappa shape index (κ1) is 12.3. The third kappa shape index (κ3) is 2.39. The molecule has 2 heterocycles. The molecule has 1 unspecified atom stereocenters. The molecule has 0 fully saturated rings. The van der Waals surface area contributed by atoms with E-state index < -0.39 is 0 Å². The highest BCUT2D eigenvalue weighted by molar-refractivity contribution is 7.12. The first-order valence-corrected chi connectivity index (χ1v) is 7.19. The van der Waals surface area contributed by atoms with E-state index in [0.717, 1.165) is 11.2 Å². The number of hydrogen-bond acceptors (Lipinski definition) is 3. The Morgan fingerprint density at radius 1 is 1.05 bits per heavy atom. The summed E-state index contributed by atoms with van der Waals surface area (Å²) in [7, 11) is 1.98. The molecule has 0 amide bonds. The number of nitrogens with zero attached hydrogens (tertiary/aromatic N) is 1. The highest BCUT2D eigenvalue weighted by Gasteiger charge is 2.15. The Morgan fingerprint density at radius 3 is 2.63 bits per heavy atom. The van der Waals surface area contributed by atoms with Gasteiger partial charge in [0.05, 0.1) is 17.3 Å². The van der Waals surface area contributed by atoms with Crippen LogP contribution >= 0.6 is 11.3 Å². The maximum Gasteiger partial charge on any atom is 0.0842 e. The van der Waals surface area contributed by atoms with Gasteiger partial charge in [-0.1, -0.05) is 24.3 Å². The third-order valence-electron chi connectivity index (χ3n) is 3.25. The molecule has 3 heteroatoms. The zero-order chi connectivity index (χ0) is 13.2. The molecule has 0 bridgehead atoms. The van der Waals surface area contributed by atoms with Crippen molar-refractivity contribution in [2.24, 2.45) is 0 Å². The lowest BCUT2D eigenvalue weighted by atomic mass is 10.1. The normalized spacial score (nSPS) is 12.7. The molecule has 0 spiro atoms. The number of aromatic nitrogens is 1. The van der Waals surface area contributed by atoms with Crippen molar-refractivity contribution in [2.45, 2.75) is 13.0 Å². The van der Waals surface area contributed by atoms with Gasteiger partial charge in [0.15, 0.2) is 0 Å². The van der Waals surface area contributed by atoms with Crippen LogP contribution in [0.15, 0.2) is 48.5 Å². The molecule has 1 atom stereocenters. The minimum absolute atomic E-state index is 0.170. The van der Waals surface area contributed by atoms with Crippen molar-refractivity contribution in [2.75, 3.05) is 7.05 Å². The Labute approximate surface area is 117 Å². The van der Waals surface area contributed by atoms with E-state index in [4.69, 9.17) is 4.98 Å². The lowest BCUT2D eigenvalue weighted by Gasteiger charge is -2.14. The summed E-state index contributed by atoms with van der Waals surface area (Å²) in [6.07, 6.45) is 0. The topological polar surface area (TPSA) is 24.9 Å².